The molecule has 0 unspecified atom stereocenters. The van der Waals surface area contributed by atoms with Gasteiger partial charge in [0.05, 0.1) is 0 Å². The minimum atomic E-state index is -1.92. The minimum Gasteiger partial charge on any atom is -0.432 e. The molecule has 136 valence electrons. The van der Waals surface area contributed by atoms with Crippen LogP contribution in [0.25, 0.3) is 0 Å². The van der Waals surface area contributed by atoms with Gasteiger partial charge >= 0.3 is 0 Å². The van der Waals surface area contributed by atoms with Crippen molar-refractivity contribution in [3.8, 4) is 0 Å². The molecule has 0 heterocycles. The Morgan fingerprint density at radius 2 is 1.15 bits per heavy atom. The quantitative estimate of drug-likeness (QED) is 0.364. The van der Waals surface area contributed by atoms with E-state index in [-0.39, 0.29) is 0 Å². The number of hydrogen-bond donors (Lipinski definition) is 2. The van der Waals surface area contributed by atoms with Crippen LogP contribution in [0.4, 0.5) is 0 Å². The molecule has 1 nitrogen and oxygen atoms in total. The van der Waals surface area contributed by atoms with Gasteiger partial charge in [0, 0.05) is 0 Å². The summed E-state index contributed by atoms with van der Waals surface area (Å²) in [4.78, 5) is 14.2. The van der Waals surface area contributed by atoms with E-state index in [1.807, 2.05) is 13.1 Å². The number of hydrogen-bond acceptors (Lipinski definition) is 1. The molecule has 3 rings (SSSR count). The van der Waals surface area contributed by atoms with Gasteiger partial charge in [-0.2, -0.15) is 10.9 Å². The fourth-order valence-electron chi connectivity index (χ4n) is 3.14. The van der Waals surface area contributed by atoms with E-state index in [4.69, 9.17) is 0 Å². The Morgan fingerprint density at radius 1 is 0.692 bits per heavy atom. The molecule has 0 spiro atoms. The Kier molecular flexibility index (Phi) is 6.36. The normalized spacial score (nSPS) is 12.0. The Morgan fingerprint density at radius 3 is 1.62 bits per heavy atom. The zero-order valence-electron chi connectivity index (χ0n) is 15.6. The predicted molar refractivity (Wildman–Crippen MR) is 116 cm³/mol. The van der Waals surface area contributed by atoms with Crippen LogP contribution in [0.1, 0.15) is 12.0 Å². The van der Waals surface area contributed by atoms with Crippen molar-refractivity contribution in [1.82, 2.24) is 0 Å². The van der Waals surface area contributed by atoms with Crippen molar-refractivity contribution in [3.05, 3.63) is 90.5 Å². The fraction of sp³-hybridized carbons (Fsp3) is 0.217. The molecule has 0 atom stereocenters. The van der Waals surface area contributed by atoms with Crippen molar-refractivity contribution >= 4 is 19.2 Å². The van der Waals surface area contributed by atoms with E-state index in [2.05, 4.69) is 84.9 Å². The molecule has 3 aromatic carbocycles. The third kappa shape index (κ3) is 5.34. The lowest BCUT2D eigenvalue weighted by molar-refractivity contribution is 0.544. The van der Waals surface area contributed by atoms with Crippen molar-refractivity contribution in [3.63, 3.8) is 0 Å². The number of rotatable bonds is 7. The molecule has 0 saturated carbocycles. The highest BCUT2D eigenvalue weighted by molar-refractivity contribution is 8.17. The van der Waals surface area contributed by atoms with E-state index >= 15 is 0 Å². The molecule has 26 heavy (non-hydrogen) atoms. The smallest absolute Gasteiger partial charge is 0.182 e. The monoisotopic (exact) mass is 380 g/mol. The Balaban J connectivity index is 1.82. The molecule has 0 aliphatic carbocycles. The van der Waals surface area contributed by atoms with Crippen LogP contribution in [0.5, 0.6) is 0 Å². The van der Waals surface area contributed by atoms with Gasteiger partial charge < -0.3 is 4.80 Å². The molecule has 0 radical (unpaired) electrons. The Labute approximate surface area is 161 Å². The number of benzene rings is 3. The molecule has 0 aliphatic rings. The van der Waals surface area contributed by atoms with Crippen LogP contribution in [0, 0.1) is 0 Å². The first kappa shape index (κ1) is 19.0. The van der Waals surface area contributed by atoms with Crippen LogP contribution in [-0.2, 0) is 6.42 Å². The zero-order chi connectivity index (χ0) is 18.4. The second-order valence-corrected chi connectivity index (χ2v) is 13.7. The number of aryl methyl sites for hydroxylation is 1. The van der Waals surface area contributed by atoms with Gasteiger partial charge in [0.25, 0.3) is 0 Å². The third-order valence-electron chi connectivity index (χ3n) is 4.48. The first-order chi connectivity index (χ1) is 12.5. The van der Waals surface area contributed by atoms with Crippen LogP contribution in [0.2, 0.25) is 19.1 Å². The summed E-state index contributed by atoms with van der Waals surface area (Å²) in [5.41, 5.74) is 1.36. The van der Waals surface area contributed by atoms with E-state index in [1.165, 1.54) is 20.2 Å². The van der Waals surface area contributed by atoms with Gasteiger partial charge in [-0.25, -0.2) is 0 Å². The first-order valence-corrected chi connectivity index (χ1v) is 13.7. The highest BCUT2D eigenvalue weighted by Crippen LogP contribution is 2.50. The van der Waals surface area contributed by atoms with Crippen LogP contribution in [-0.4, -0.2) is 13.1 Å². The highest BCUT2D eigenvalue weighted by atomic mass is 32.2. The largest absolute Gasteiger partial charge is 0.432 e. The fourth-order valence-corrected chi connectivity index (χ4v) is 6.46. The molecular formula is C23H28OSSi. The molecule has 0 amide bonds. The lowest BCUT2D eigenvalue weighted by atomic mass is 10.1. The highest BCUT2D eigenvalue weighted by Gasteiger charge is 2.16. The summed E-state index contributed by atoms with van der Waals surface area (Å²) < 4.78 is 0. The molecule has 0 bridgehead atoms. The summed E-state index contributed by atoms with van der Waals surface area (Å²) >= 11 is 0. The topological polar surface area (TPSA) is 20.2 Å². The summed E-state index contributed by atoms with van der Waals surface area (Å²) in [5, 5.41) is 0. The van der Waals surface area contributed by atoms with Gasteiger partial charge in [-0.15, -0.1) is 0 Å². The maximum absolute atomic E-state index is 10.0. The average Bonchev–Trinajstić information content (AvgIpc) is 2.64. The van der Waals surface area contributed by atoms with Crippen LogP contribution in [0.15, 0.2) is 99.6 Å². The van der Waals surface area contributed by atoms with Crippen LogP contribution in [0.3, 0.4) is 0 Å². The van der Waals surface area contributed by atoms with Gasteiger partial charge in [0.1, 0.15) is 0 Å². The van der Waals surface area contributed by atoms with Gasteiger partial charge in [-0.05, 0) is 88.6 Å². The molecular weight excluding hydrogens is 352 g/mol. The van der Waals surface area contributed by atoms with E-state index in [0.717, 1.165) is 18.9 Å². The average molecular weight is 381 g/mol. The molecule has 3 heteroatoms. The first-order valence-electron chi connectivity index (χ1n) is 9.24. The maximum Gasteiger partial charge on any atom is 0.182 e. The maximum atomic E-state index is 10.0. The van der Waals surface area contributed by atoms with Gasteiger partial charge in [0.2, 0.25) is 0 Å². The second kappa shape index (κ2) is 8.72. The zero-order valence-corrected chi connectivity index (χ0v) is 17.5. The van der Waals surface area contributed by atoms with Crippen molar-refractivity contribution in [2.45, 2.75) is 46.7 Å². The molecule has 0 aromatic heterocycles. The van der Waals surface area contributed by atoms with Crippen molar-refractivity contribution < 1.29 is 4.80 Å². The molecule has 0 aliphatic heterocycles. The van der Waals surface area contributed by atoms with E-state index in [1.54, 1.807) is 0 Å². The molecule has 1 N–H and O–H groups in total. The predicted octanol–water partition coefficient (Wildman–Crippen LogP) is 6.29. The van der Waals surface area contributed by atoms with Gasteiger partial charge in [-0.3, -0.25) is 0 Å². The SMILES string of the molecule is C[Si](C)(O)CCCc1ccc([SH](c2ccccc2)c2ccccc2)cc1. The summed E-state index contributed by atoms with van der Waals surface area (Å²) in [6, 6.07) is 31.7. The lowest BCUT2D eigenvalue weighted by Crippen LogP contribution is -2.24. The van der Waals surface area contributed by atoms with Crippen LogP contribution >= 0.6 is 10.9 Å². The van der Waals surface area contributed by atoms with Gasteiger partial charge in [-0.1, -0.05) is 48.5 Å². The third-order valence-corrected chi connectivity index (χ3v) is 8.50. The summed E-state index contributed by atoms with van der Waals surface area (Å²) in [6.07, 6.45) is 2.12. The van der Waals surface area contributed by atoms with Crippen molar-refractivity contribution in [2.24, 2.45) is 0 Å². The summed E-state index contributed by atoms with van der Waals surface area (Å²) in [6.45, 7) is 4.03. The van der Waals surface area contributed by atoms with E-state index < -0.39 is 19.2 Å². The summed E-state index contributed by atoms with van der Waals surface area (Å²) in [5.74, 6) is 0. The van der Waals surface area contributed by atoms with E-state index in [9.17, 15) is 4.80 Å². The van der Waals surface area contributed by atoms with Crippen molar-refractivity contribution in [2.75, 3.05) is 0 Å². The number of thiol groups is 1. The lowest BCUT2D eigenvalue weighted by Gasteiger charge is -2.23. The van der Waals surface area contributed by atoms with E-state index in [0.29, 0.717) is 0 Å². The minimum absolute atomic E-state index is 0.523. The summed E-state index contributed by atoms with van der Waals surface area (Å²) in [7, 11) is -2.45. The molecule has 0 fully saturated rings. The molecule has 0 saturated heterocycles. The van der Waals surface area contributed by atoms with Gasteiger partial charge in [0.15, 0.2) is 8.32 Å². The molecule has 3 aromatic rings. The van der Waals surface area contributed by atoms with Crippen molar-refractivity contribution in [1.29, 1.82) is 0 Å². The Bertz CT molecular complexity index is 756. The van der Waals surface area contributed by atoms with Crippen LogP contribution < -0.4 is 0 Å². The Hall–Kier alpha value is -1.81. The standard InChI is InChI=1S/C23H28OSSi/c1-26(2,24)19-9-10-20-15-17-23(18-16-20)25(21-11-5-3-6-12-21)22-13-7-4-8-14-22/h3-8,11-18,24-25H,9-10,19H2,1-2H3. The second-order valence-electron chi connectivity index (χ2n) is 7.34.